The fraction of sp³-hybridized carbons (Fsp3) is 0.818. The zero-order valence-electron chi connectivity index (χ0n) is 10.9. The highest BCUT2D eigenvalue weighted by Gasteiger charge is 2.26. The van der Waals surface area contributed by atoms with Gasteiger partial charge in [-0.15, -0.1) is 0 Å². The molecule has 6 nitrogen and oxygen atoms in total. The van der Waals surface area contributed by atoms with Crippen molar-refractivity contribution in [2.45, 2.75) is 19.0 Å². The summed E-state index contributed by atoms with van der Waals surface area (Å²) in [6.07, 6.45) is -5.26. The number of rotatable bonds is 5. The number of amides is 2. The van der Waals surface area contributed by atoms with Crippen LogP contribution in [0.1, 0.15) is 12.8 Å². The van der Waals surface area contributed by atoms with E-state index in [1.54, 1.807) is 4.90 Å². The summed E-state index contributed by atoms with van der Waals surface area (Å²) >= 11 is 0. The van der Waals surface area contributed by atoms with E-state index in [1.165, 1.54) is 4.90 Å². The second-order valence-electron chi connectivity index (χ2n) is 4.61. The molecule has 0 radical (unpaired) electrons. The maximum absolute atomic E-state index is 11.9. The molecule has 0 spiro atoms. The number of carboxylic acid groups (broad SMARTS) is 1. The fourth-order valence-corrected chi connectivity index (χ4v) is 1.90. The van der Waals surface area contributed by atoms with Gasteiger partial charge in [-0.1, -0.05) is 0 Å². The van der Waals surface area contributed by atoms with Crippen LogP contribution in [0.2, 0.25) is 0 Å². The van der Waals surface area contributed by atoms with Crippen LogP contribution in [-0.2, 0) is 4.79 Å². The van der Waals surface area contributed by atoms with Crippen molar-refractivity contribution in [1.82, 2.24) is 15.1 Å². The van der Waals surface area contributed by atoms with Gasteiger partial charge >= 0.3 is 18.2 Å². The minimum atomic E-state index is -4.20. The molecule has 20 heavy (non-hydrogen) atoms. The molecular weight excluding hydrogens is 279 g/mol. The lowest BCUT2D eigenvalue weighted by atomic mass is 10.3. The molecule has 1 aliphatic heterocycles. The molecule has 0 saturated carbocycles. The Morgan fingerprint density at radius 1 is 1.15 bits per heavy atom. The molecular formula is C11H18F3N3O3. The Kier molecular flexibility index (Phi) is 6.05. The van der Waals surface area contributed by atoms with Crippen molar-refractivity contribution < 1.29 is 27.9 Å². The number of nitrogens with one attached hydrogen (secondary N) is 1. The van der Waals surface area contributed by atoms with E-state index in [-0.39, 0.29) is 19.5 Å². The maximum atomic E-state index is 11.9. The predicted molar refractivity (Wildman–Crippen MR) is 64.3 cm³/mol. The summed E-state index contributed by atoms with van der Waals surface area (Å²) in [7, 11) is 0. The predicted octanol–water partition coefficient (Wildman–Crippen LogP) is 0.741. The summed E-state index contributed by atoms with van der Waals surface area (Å²) in [5.41, 5.74) is 0. The molecule has 0 aromatic rings. The van der Waals surface area contributed by atoms with Gasteiger partial charge in [0.05, 0.1) is 6.54 Å². The summed E-state index contributed by atoms with van der Waals surface area (Å²) in [5, 5.41) is 11.1. The molecule has 0 bridgehead atoms. The Balaban J connectivity index is 2.18. The normalized spacial score (nSPS) is 17.1. The van der Waals surface area contributed by atoms with Crippen LogP contribution in [0.15, 0.2) is 0 Å². The topological polar surface area (TPSA) is 72.9 Å². The molecule has 2 amide bonds. The number of hydrogen-bond donors (Lipinski definition) is 2. The molecule has 2 N–H and O–H groups in total. The Morgan fingerprint density at radius 3 is 2.25 bits per heavy atom. The second kappa shape index (κ2) is 7.32. The quantitative estimate of drug-likeness (QED) is 0.734. The van der Waals surface area contributed by atoms with Gasteiger partial charge in [-0.25, -0.2) is 4.79 Å². The van der Waals surface area contributed by atoms with E-state index in [2.05, 4.69) is 5.32 Å². The number of urea groups is 1. The molecule has 0 aromatic carbocycles. The van der Waals surface area contributed by atoms with Crippen molar-refractivity contribution in [3.63, 3.8) is 0 Å². The van der Waals surface area contributed by atoms with E-state index in [9.17, 15) is 22.8 Å². The minimum Gasteiger partial charge on any atom is -0.480 e. The average molecular weight is 297 g/mol. The first-order chi connectivity index (χ1) is 9.28. The summed E-state index contributed by atoms with van der Waals surface area (Å²) in [6.45, 7) is 1.55. The highest BCUT2D eigenvalue weighted by Crippen LogP contribution is 2.20. The van der Waals surface area contributed by atoms with Crippen molar-refractivity contribution in [3.05, 3.63) is 0 Å². The van der Waals surface area contributed by atoms with Gasteiger partial charge in [0.15, 0.2) is 0 Å². The average Bonchev–Trinajstić information content (AvgIpc) is 2.33. The van der Waals surface area contributed by atoms with Gasteiger partial charge in [-0.2, -0.15) is 13.2 Å². The molecule has 1 heterocycles. The fourth-order valence-electron chi connectivity index (χ4n) is 1.90. The molecule has 116 valence electrons. The third kappa shape index (κ3) is 6.60. The lowest BCUT2D eigenvalue weighted by molar-refractivity contribution is -0.138. The zero-order valence-corrected chi connectivity index (χ0v) is 10.9. The SMILES string of the molecule is O=C(O)CN1CCN(C(=O)NCCCC(F)(F)F)CC1. The summed E-state index contributed by atoms with van der Waals surface area (Å²) in [6, 6.07) is -0.401. The zero-order chi connectivity index (χ0) is 15.2. The molecule has 1 saturated heterocycles. The van der Waals surface area contributed by atoms with E-state index in [0.717, 1.165) is 0 Å². The Hall–Kier alpha value is -1.51. The van der Waals surface area contributed by atoms with Gasteiger partial charge in [0.2, 0.25) is 0 Å². The monoisotopic (exact) mass is 297 g/mol. The van der Waals surface area contributed by atoms with Crippen molar-refractivity contribution in [1.29, 1.82) is 0 Å². The Morgan fingerprint density at radius 2 is 1.75 bits per heavy atom. The van der Waals surface area contributed by atoms with Gasteiger partial charge < -0.3 is 15.3 Å². The van der Waals surface area contributed by atoms with Crippen molar-refractivity contribution >= 4 is 12.0 Å². The number of alkyl halides is 3. The lowest BCUT2D eigenvalue weighted by Gasteiger charge is -2.33. The van der Waals surface area contributed by atoms with Gasteiger partial charge in [-0.3, -0.25) is 9.69 Å². The number of nitrogens with zero attached hydrogens (tertiary/aromatic N) is 2. The van der Waals surface area contributed by atoms with E-state index < -0.39 is 24.6 Å². The van der Waals surface area contributed by atoms with Gasteiger partial charge in [0, 0.05) is 39.1 Å². The van der Waals surface area contributed by atoms with Crippen molar-refractivity contribution in [2.75, 3.05) is 39.3 Å². The molecule has 0 unspecified atom stereocenters. The number of aliphatic carboxylic acids is 1. The largest absolute Gasteiger partial charge is 0.480 e. The lowest BCUT2D eigenvalue weighted by Crippen LogP contribution is -2.52. The van der Waals surface area contributed by atoms with Crippen LogP contribution in [0.25, 0.3) is 0 Å². The van der Waals surface area contributed by atoms with Crippen LogP contribution in [0.5, 0.6) is 0 Å². The molecule has 0 aliphatic carbocycles. The van der Waals surface area contributed by atoms with Crippen molar-refractivity contribution in [2.24, 2.45) is 0 Å². The van der Waals surface area contributed by atoms with E-state index in [0.29, 0.717) is 26.2 Å². The first kappa shape index (κ1) is 16.5. The highest BCUT2D eigenvalue weighted by atomic mass is 19.4. The second-order valence-corrected chi connectivity index (χ2v) is 4.61. The molecule has 1 aliphatic rings. The summed E-state index contributed by atoms with van der Waals surface area (Å²) < 4.78 is 35.7. The molecule has 0 atom stereocenters. The standard InChI is InChI=1S/C11H18F3N3O3/c12-11(13,14)2-1-3-15-10(20)17-6-4-16(5-7-17)8-9(18)19/h1-8H2,(H,15,20)(H,18,19). The van der Waals surface area contributed by atoms with E-state index in [1.807, 2.05) is 0 Å². The van der Waals surface area contributed by atoms with Crippen LogP contribution < -0.4 is 5.32 Å². The molecule has 1 fully saturated rings. The first-order valence-corrected chi connectivity index (χ1v) is 6.31. The maximum Gasteiger partial charge on any atom is 0.389 e. The number of carboxylic acids is 1. The Labute approximate surface area is 114 Å². The van der Waals surface area contributed by atoms with Gasteiger partial charge in [0.25, 0.3) is 0 Å². The van der Waals surface area contributed by atoms with Gasteiger partial charge in [0.1, 0.15) is 0 Å². The molecule has 0 aromatic heterocycles. The highest BCUT2D eigenvalue weighted by molar-refractivity contribution is 5.74. The number of halogens is 3. The smallest absolute Gasteiger partial charge is 0.389 e. The van der Waals surface area contributed by atoms with Crippen LogP contribution in [-0.4, -0.2) is 72.4 Å². The van der Waals surface area contributed by atoms with Crippen LogP contribution in [0, 0.1) is 0 Å². The molecule has 9 heteroatoms. The van der Waals surface area contributed by atoms with E-state index >= 15 is 0 Å². The Bertz CT molecular complexity index is 342. The first-order valence-electron chi connectivity index (χ1n) is 6.31. The molecule has 1 rings (SSSR count). The minimum absolute atomic E-state index is 0.0202. The third-order valence-electron chi connectivity index (χ3n) is 2.93. The summed E-state index contributed by atoms with van der Waals surface area (Å²) in [5.74, 6) is -0.921. The third-order valence-corrected chi connectivity index (χ3v) is 2.93. The van der Waals surface area contributed by atoms with Crippen LogP contribution in [0.3, 0.4) is 0 Å². The number of carbonyl (C=O) groups excluding carboxylic acids is 1. The number of piperazine rings is 1. The summed E-state index contributed by atoms with van der Waals surface area (Å²) in [4.78, 5) is 25.3. The number of carbonyl (C=O) groups is 2. The van der Waals surface area contributed by atoms with Crippen LogP contribution >= 0.6 is 0 Å². The van der Waals surface area contributed by atoms with Gasteiger partial charge in [-0.05, 0) is 6.42 Å². The van der Waals surface area contributed by atoms with E-state index in [4.69, 9.17) is 5.11 Å². The number of hydrogen-bond acceptors (Lipinski definition) is 3. The van der Waals surface area contributed by atoms with Crippen LogP contribution in [0.4, 0.5) is 18.0 Å². The van der Waals surface area contributed by atoms with Crippen molar-refractivity contribution in [3.8, 4) is 0 Å².